The zero-order chi connectivity index (χ0) is 13.4. The molecule has 1 rings (SSSR count). The second-order valence-corrected chi connectivity index (χ2v) is 5.26. The molecule has 0 bridgehead atoms. The van der Waals surface area contributed by atoms with Crippen molar-refractivity contribution < 1.29 is 14.7 Å². The predicted octanol–water partition coefficient (Wildman–Crippen LogP) is 0.993. The van der Waals surface area contributed by atoms with Gasteiger partial charge in [-0.25, -0.2) is 0 Å². The highest BCUT2D eigenvalue weighted by Gasteiger charge is 2.15. The van der Waals surface area contributed by atoms with Crippen molar-refractivity contribution in [2.45, 2.75) is 39.0 Å². The molecule has 0 saturated carbocycles. The van der Waals surface area contributed by atoms with Crippen molar-refractivity contribution in [1.82, 2.24) is 10.6 Å². The fourth-order valence-corrected chi connectivity index (χ4v) is 2.25. The summed E-state index contributed by atoms with van der Waals surface area (Å²) in [7, 11) is 0. The summed E-state index contributed by atoms with van der Waals surface area (Å²) >= 11 is 0. The predicted molar refractivity (Wildman–Crippen MR) is 69.3 cm³/mol. The normalized spacial score (nSPS) is 21.3. The number of rotatable bonds is 7. The van der Waals surface area contributed by atoms with Crippen molar-refractivity contribution in [3.05, 3.63) is 0 Å². The van der Waals surface area contributed by atoms with Gasteiger partial charge in [0.2, 0.25) is 5.91 Å². The first-order chi connectivity index (χ1) is 8.58. The summed E-state index contributed by atoms with van der Waals surface area (Å²) in [5, 5.41) is 14.7. The Kier molecular flexibility index (Phi) is 6.72. The molecule has 0 spiro atoms. The topological polar surface area (TPSA) is 78.4 Å². The molecule has 1 fully saturated rings. The van der Waals surface area contributed by atoms with E-state index in [0.717, 1.165) is 19.5 Å². The summed E-state index contributed by atoms with van der Waals surface area (Å²) in [6, 6.07) is 0. The minimum absolute atomic E-state index is 0.0113. The molecule has 2 atom stereocenters. The Morgan fingerprint density at radius 2 is 2.28 bits per heavy atom. The van der Waals surface area contributed by atoms with E-state index >= 15 is 0 Å². The lowest BCUT2D eigenvalue weighted by Crippen LogP contribution is -2.32. The lowest BCUT2D eigenvalue weighted by atomic mass is 9.94. The lowest BCUT2D eigenvalue weighted by molar-refractivity contribution is -0.138. The molecule has 1 aliphatic rings. The molecule has 1 aliphatic heterocycles. The summed E-state index contributed by atoms with van der Waals surface area (Å²) in [5.74, 6) is -0.174. The smallest absolute Gasteiger partial charge is 0.303 e. The maximum Gasteiger partial charge on any atom is 0.303 e. The molecule has 0 aromatic heterocycles. The Morgan fingerprint density at radius 3 is 2.89 bits per heavy atom. The van der Waals surface area contributed by atoms with Crippen molar-refractivity contribution in [3.8, 4) is 0 Å². The average molecular weight is 256 g/mol. The van der Waals surface area contributed by atoms with E-state index in [9.17, 15) is 9.59 Å². The van der Waals surface area contributed by atoms with Crippen LogP contribution < -0.4 is 10.6 Å². The monoisotopic (exact) mass is 256 g/mol. The third-order valence-electron chi connectivity index (χ3n) is 3.35. The van der Waals surface area contributed by atoms with Crippen LogP contribution in [0.5, 0.6) is 0 Å². The van der Waals surface area contributed by atoms with Crippen molar-refractivity contribution in [2.75, 3.05) is 19.6 Å². The van der Waals surface area contributed by atoms with Crippen LogP contribution in [0.1, 0.15) is 39.0 Å². The van der Waals surface area contributed by atoms with Crippen LogP contribution in [0.2, 0.25) is 0 Å². The van der Waals surface area contributed by atoms with Crippen molar-refractivity contribution in [2.24, 2.45) is 11.8 Å². The van der Waals surface area contributed by atoms with Crippen LogP contribution in [0.4, 0.5) is 0 Å². The van der Waals surface area contributed by atoms with Crippen LogP contribution in [0.25, 0.3) is 0 Å². The second kappa shape index (κ2) is 8.08. The Balaban J connectivity index is 2.07. The Hall–Kier alpha value is -1.10. The molecule has 0 aliphatic carbocycles. The number of carboxylic acid groups (broad SMARTS) is 1. The first-order valence-electron chi connectivity index (χ1n) is 6.77. The number of amides is 1. The summed E-state index contributed by atoms with van der Waals surface area (Å²) in [6.07, 6.45) is 3.97. The third kappa shape index (κ3) is 6.59. The van der Waals surface area contributed by atoms with Gasteiger partial charge in [0.1, 0.15) is 0 Å². The zero-order valence-electron chi connectivity index (χ0n) is 11.1. The van der Waals surface area contributed by atoms with Crippen molar-refractivity contribution >= 4 is 11.9 Å². The van der Waals surface area contributed by atoms with Crippen LogP contribution in [0, 0.1) is 11.8 Å². The quantitative estimate of drug-likeness (QED) is 0.635. The van der Waals surface area contributed by atoms with Gasteiger partial charge in [-0.05, 0) is 44.2 Å². The lowest BCUT2D eigenvalue weighted by Gasteiger charge is -2.22. The number of aliphatic carboxylic acids is 1. The number of carboxylic acids is 1. The molecule has 5 heteroatoms. The summed E-state index contributed by atoms with van der Waals surface area (Å²) in [6.45, 7) is 4.39. The molecule has 0 radical (unpaired) electrons. The van der Waals surface area contributed by atoms with Gasteiger partial charge in [-0.3, -0.25) is 9.59 Å². The second-order valence-electron chi connectivity index (χ2n) is 5.26. The number of hydrogen-bond acceptors (Lipinski definition) is 3. The largest absolute Gasteiger partial charge is 0.481 e. The van der Waals surface area contributed by atoms with E-state index in [2.05, 4.69) is 10.6 Å². The van der Waals surface area contributed by atoms with Gasteiger partial charge < -0.3 is 15.7 Å². The summed E-state index contributed by atoms with van der Waals surface area (Å²) in [5.41, 5.74) is 0. The van der Waals surface area contributed by atoms with Gasteiger partial charge in [0.05, 0.1) is 0 Å². The Morgan fingerprint density at radius 1 is 1.50 bits per heavy atom. The number of piperidine rings is 1. The van der Waals surface area contributed by atoms with E-state index in [1.54, 1.807) is 0 Å². The van der Waals surface area contributed by atoms with Crippen LogP contribution in [0.3, 0.4) is 0 Å². The van der Waals surface area contributed by atoms with Gasteiger partial charge in [-0.2, -0.15) is 0 Å². The highest BCUT2D eigenvalue weighted by atomic mass is 16.4. The maximum absolute atomic E-state index is 11.6. The fraction of sp³-hybridized carbons (Fsp3) is 0.846. The van der Waals surface area contributed by atoms with Gasteiger partial charge in [0.15, 0.2) is 0 Å². The number of nitrogens with one attached hydrogen (secondary N) is 2. The van der Waals surface area contributed by atoms with Crippen LogP contribution in [0.15, 0.2) is 0 Å². The molecule has 3 N–H and O–H groups in total. The van der Waals surface area contributed by atoms with E-state index in [1.165, 1.54) is 12.8 Å². The molecule has 1 heterocycles. The number of hydrogen-bond donors (Lipinski definition) is 3. The molecule has 2 unspecified atom stereocenters. The summed E-state index contributed by atoms with van der Waals surface area (Å²) < 4.78 is 0. The minimum atomic E-state index is -0.815. The SMILES string of the molecule is CC(CNC(=O)CCC1CCCNC1)CC(=O)O. The molecule has 0 aromatic rings. The molecule has 0 aromatic carbocycles. The van der Waals surface area contributed by atoms with Gasteiger partial charge in [-0.15, -0.1) is 0 Å². The standard InChI is InChI=1S/C13H24N2O3/c1-10(7-13(17)18)8-15-12(16)5-4-11-3-2-6-14-9-11/h10-11,14H,2-9H2,1H3,(H,15,16)(H,17,18). The van der Waals surface area contributed by atoms with Crippen molar-refractivity contribution in [1.29, 1.82) is 0 Å². The molecular formula is C13H24N2O3. The molecular weight excluding hydrogens is 232 g/mol. The van der Waals surface area contributed by atoms with E-state index in [1.807, 2.05) is 6.92 Å². The van der Waals surface area contributed by atoms with Gasteiger partial charge in [-0.1, -0.05) is 6.92 Å². The number of carbonyl (C=O) groups is 2. The molecule has 1 saturated heterocycles. The van der Waals surface area contributed by atoms with Gasteiger partial charge in [0.25, 0.3) is 0 Å². The minimum Gasteiger partial charge on any atom is -0.481 e. The first kappa shape index (κ1) is 15.0. The van der Waals surface area contributed by atoms with Crippen LogP contribution in [-0.2, 0) is 9.59 Å². The molecule has 104 valence electrons. The van der Waals surface area contributed by atoms with Crippen LogP contribution >= 0.6 is 0 Å². The van der Waals surface area contributed by atoms with E-state index in [4.69, 9.17) is 5.11 Å². The van der Waals surface area contributed by atoms with Gasteiger partial charge >= 0.3 is 5.97 Å². The van der Waals surface area contributed by atoms with E-state index < -0.39 is 5.97 Å². The Labute approximate surface area is 108 Å². The highest BCUT2D eigenvalue weighted by Crippen LogP contribution is 2.15. The van der Waals surface area contributed by atoms with Gasteiger partial charge in [0, 0.05) is 19.4 Å². The average Bonchev–Trinajstić information content (AvgIpc) is 2.34. The Bertz CT molecular complexity index is 275. The first-order valence-corrected chi connectivity index (χ1v) is 6.77. The van der Waals surface area contributed by atoms with Crippen LogP contribution in [-0.4, -0.2) is 36.6 Å². The van der Waals surface area contributed by atoms with Crippen molar-refractivity contribution in [3.63, 3.8) is 0 Å². The molecule has 1 amide bonds. The molecule has 5 nitrogen and oxygen atoms in total. The molecule has 18 heavy (non-hydrogen) atoms. The fourth-order valence-electron chi connectivity index (χ4n) is 2.25. The number of carbonyl (C=O) groups excluding carboxylic acids is 1. The highest BCUT2D eigenvalue weighted by molar-refractivity contribution is 5.76. The third-order valence-corrected chi connectivity index (χ3v) is 3.35. The van der Waals surface area contributed by atoms with E-state index in [0.29, 0.717) is 18.9 Å². The summed E-state index contributed by atoms with van der Waals surface area (Å²) in [4.78, 5) is 22.1. The maximum atomic E-state index is 11.6. The van der Waals surface area contributed by atoms with E-state index in [-0.39, 0.29) is 18.2 Å². The zero-order valence-corrected chi connectivity index (χ0v) is 11.1.